The van der Waals surface area contributed by atoms with Crippen LogP contribution in [0.3, 0.4) is 0 Å². The second-order valence-corrected chi connectivity index (χ2v) is 10.5. The number of amides is 1. The number of carbonyl (C=O) groups is 2. The van der Waals surface area contributed by atoms with E-state index in [0.29, 0.717) is 16.9 Å². The van der Waals surface area contributed by atoms with Gasteiger partial charge >= 0.3 is 6.09 Å². The average molecular weight is 489 g/mol. The van der Waals surface area contributed by atoms with Crippen LogP contribution < -0.4 is 5.32 Å². The molecule has 1 saturated heterocycles. The number of aromatic nitrogens is 4. The lowest BCUT2D eigenvalue weighted by atomic mass is 10.1. The summed E-state index contributed by atoms with van der Waals surface area (Å²) < 4.78 is 9.16. The maximum absolute atomic E-state index is 13.3. The number of ether oxygens (including phenoxy) is 1. The first kappa shape index (κ1) is 24.0. The van der Waals surface area contributed by atoms with Gasteiger partial charge in [0.2, 0.25) is 0 Å². The van der Waals surface area contributed by atoms with Gasteiger partial charge in [-0.05, 0) is 72.3 Å². The Labute approximate surface area is 210 Å². The number of benzene rings is 1. The number of aryl methyl sites for hydroxylation is 2. The van der Waals surface area contributed by atoms with Crippen LogP contribution in [0.15, 0.2) is 36.5 Å². The van der Waals surface area contributed by atoms with E-state index >= 15 is 0 Å². The third kappa shape index (κ3) is 4.35. The Hall–Kier alpha value is -3.72. The molecular formula is C27H32N6O3. The molecule has 4 heterocycles. The van der Waals surface area contributed by atoms with E-state index in [1.165, 1.54) is 0 Å². The molecule has 0 bridgehead atoms. The number of pyridine rings is 1. The van der Waals surface area contributed by atoms with Gasteiger partial charge in [0.25, 0.3) is 5.91 Å². The van der Waals surface area contributed by atoms with Crippen molar-refractivity contribution in [2.75, 3.05) is 18.9 Å². The lowest BCUT2D eigenvalue weighted by Crippen LogP contribution is -2.30. The summed E-state index contributed by atoms with van der Waals surface area (Å²) >= 11 is 0. The average Bonchev–Trinajstić information content (AvgIpc) is 3.47. The molecule has 0 aliphatic carbocycles. The number of nitrogens with zero attached hydrogens (tertiary/aromatic N) is 5. The number of hydrogen-bond acceptors (Lipinski definition) is 6. The molecule has 1 atom stereocenters. The van der Waals surface area contributed by atoms with Crippen LogP contribution in [-0.4, -0.2) is 55.4 Å². The predicted molar refractivity (Wildman–Crippen MR) is 139 cm³/mol. The fourth-order valence-electron chi connectivity index (χ4n) is 5.00. The smallest absolute Gasteiger partial charge is 0.419 e. The van der Waals surface area contributed by atoms with Gasteiger partial charge in [0, 0.05) is 41.3 Å². The summed E-state index contributed by atoms with van der Waals surface area (Å²) in [5, 5.41) is 9.14. The lowest BCUT2D eigenvalue weighted by Gasteiger charge is -2.24. The standard InChI is InChI=1S/C27H32N6O3/c1-16-19-10-9-17(12-22(19)32(6)30-16)25(34)29-24-14-21-18(15-28-24)13-23(20-8-7-11-31(20)5)33(21)26(35)36-27(2,3)4/h9-10,12-15,20H,7-8,11H2,1-6H3,(H,28,29,34). The Morgan fingerprint density at radius 3 is 2.58 bits per heavy atom. The quantitative estimate of drug-likeness (QED) is 0.435. The van der Waals surface area contributed by atoms with Crippen LogP contribution in [0.1, 0.15) is 61.4 Å². The van der Waals surface area contributed by atoms with E-state index in [1.54, 1.807) is 27.6 Å². The Bertz CT molecular complexity index is 1490. The van der Waals surface area contributed by atoms with E-state index in [2.05, 4.69) is 27.3 Å². The molecular weight excluding hydrogens is 456 g/mol. The minimum absolute atomic E-state index is 0.108. The summed E-state index contributed by atoms with van der Waals surface area (Å²) in [6.45, 7) is 8.47. The second-order valence-electron chi connectivity index (χ2n) is 10.5. The summed E-state index contributed by atoms with van der Waals surface area (Å²) in [4.78, 5) is 33.1. The van der Waals surface area contributed by atoms with E-state index in [1.807, 2.05) is 52.9 Å². The first-order chi connectivity index (χ1) is 17.0. The highest BCUT2D eigenvalue weighted by molar-refractivity contribution is 6.06. The number of anilines is 1. The van der Waals surface area contributed by atoms with E-state index in [4.69, 9.17) is 4.74 Å². The highest BCUT2D eigenvalue weighted by Gasteiger charge is 2.30. The number of hydrogen-bond donors (Lipinski definition) is 1. The van der Waals surface area contributed by atoms with E-state index < -0.39 is 11.7 Å². The molecule has 9 heteroatoms. The summed E-state index contributed by atoms with van der Waals surface area (Å²) in [6.07, 6.45) is 3.28. The van der Waals surface area contributed by atoms with Crippen LogP contribution in [0, 0.1) is 6.92 Å². The van der Waals surface area contributed by atoms with Gasteiger partial charge in [0.1, 0.15) is 11.4 Å². The molecule has 1 aliphatic heterocycles. The minimum Gasteiger partial charge on any atom is -0.443 e. The Kier molecular flexibility index (Phi) is 5.83. The van der Waals surface area contributed by atoms with Crippen LogP contribution in [0.2, 0.25) is 0 Å². The van der Waals surface area contributed by atoms with E-state index in [-0.39, 0.29) is 11.9 Å². The molecule has 36 heavy (non-hydrogen) atoms. The molecule has 188 valence electrons. The minimum atomic E-state index is -0.639. The second kappa shape index (κ2) is 8.74. The SMILES string of the molecule is Cc1nn(C)c2cc(C(=O)Nc3cc4c(cn3)cc(C3CCCN3C)n4C(=O)OC(C)(C)C)ccc12. The van der Waals surface area contributed by atoms with Crippen molar-refractivity contribution in [1.82, 2.24) is 24.2 Å². The third-order valence-electron chi connectivity index (χ3n) is 6.69. The number of fused-ring (bicyclic) bond motifs is 2. The normalized spacial score (nSPS) is 16.7. The zero-order valence-corrected chi connectivity index (χ0v) is 21.6. The van der Waals surface area contributed by atoms with Crippen molar-refractivity contribution in [3.8, 4) is 0 Å². The van der Waals surface area contributed by atoms with Crippen molar-refractivity contribution in [3.05, 3.63) is 53.5 Å². The van der Waals surface area contributed by atoms with Gasteiger partial charge < -0.3 is 10.1 Å². The number of likely N-dealkylation sites (tertiary alicyclic amines) is 1. The maximum atomic E-state index is 13.3. The van der Waals surface area contributed by atoms with Crippen molar-refractivity contribution in [2.45, 2.75) is 52.2 Å². The molecule has 1 fully saturated rings. The van der Waals surface area contributed by atoms with Crippen LogP contribution in [0.5, 0.6) is 0 Å². The molecule has 4 aromatic rings. The lowest BCUT2D eigenvalue weighted by molar-refractivity contribution is 0.0534. The highest BCUT2D eigenvalue weighted by atomic mass is 16.6. The third-order valence-corrected chi connectivity index (χ3v) is 6.69. The van der Waals surface area contributed by atoms with Gasteiger partial charge in [0.15, 0.2) is 0 Å². The molecule has 1 aromatic carbocycles. The highest BCUT2D eigenvalue weighted by Crippen LogP contribution is 2.35. The van der Waals surface area contributed by atoms with Crippen LogP contribution in [0.4, 0.5) is 10.6 Å². The molecule has 1 unspecified atom stereocenters. The largest absolute Gasteiger partial charge is 0.443 e. The molecule has 1 aliphatic rings. The summed E-state index contributed by atoms with van der Waals surface area (Å²) in [6, 6.07) is 9.35. The molecule has 1 N–H and O–H groups in total. The Morgan fingerprint density at radius 2 is 1.89 bits per heavy atom. The molecule has 1 amide bonds. The summed E-state index contributed by atoms with van der Waals surface area (Å²) in [5.74, 6) is 0.0803. The zero-order valence-electron chi connectivity index (χ0n) is 21.6. The molecule has 9 nitrogen and oxygen atoms in total. The zero-order chi connectivity index (χ0) is 25.8. The molecule has 0 radical (unpaired) electrons. The van der Waals surface area contributed by atoms with Crippen molar-refractivity contribution in [3.63, 3.8) is 0 Å². The maximum Gasteiger partial charge on any atom is 0.419 e. The summed E-state index contributed by atoms with van der Waals surface area (Å²) in [5.41, 5.74) is 3.19. The number of rotatable bonds is 3. The molecule has 0 spiro atoms. The topological polar surface area (TPSA) is 94.3 Å². The molecule has 5 rings (SSSR count). The van der Waals surface area contributed by atoms with Crippen LogP contribution in [0.25, 0.3) is 21.8 Å². The van der Waals surface area contributed by atoms with Crippen LogP contribution >= 0.6 is 0 Å². The monoisotopic (exact) mass is 488 g/mol. The molecule has 0 saturated carbocycles. The van der Waals surface area contributed by atoms with Gasteiger partial charge in [-0.25, -0.2) is 14.3 Å². The van der Waals surface area contributed by atoms with E-state index in [9.17, 15) is 9.59 Å². The number of nitrogens with one attached hydrogen (secondary N) is 1. The van der Waals surface area contributed by atoms with Crippen molar-refractivity contribution in [1.29, 1.82) is 0 Å². The first-order valence-corrected chi connectivity index (χ1v) is 12.2. The molecule has 3 aromatic heterocycles. The Balaban J connectivity index is 1.52. The van der Waals surface area contributed by atoms with Gasteiger partial charge in [-0.1, -0.05) is 6.07 Å². The number of carbonyl (C=O) groups excluding carboxylic acids is 2. The van der Waals surface area contributed by atoms with Crippen molar-refractivity contribution in [2.24, 2.45) is 7.05 Å². The Morgan fingerprint density at radius 1 is 1.11 bits per heavy atom. The first-order valence-electron chi connectivity index (χ1n) is 12.2. The van der Waals surface area contributed by atoms with Crippen LogP contribution in [-0.2, 0) is 11.8 Å². The predicted octanol–water partition coefficient (Wildman–Crippen LogP) is 5.03. The van der Waals surface area contributed by atoms with Crippen molar-refractivity contribution < 1.29 is 14.3 Å². The van der Waals surface area contributed by atoms with Gasteiger partial charge in [-0.15, -0.1) is 0 Å². The van der Waals surface area contributed by atoms with Crippen molar-refractivity contribution >= 4 is 39.6 Å². The summed E-state index contributed by atoms with van der Waals surface area (Å²) in [7, 11) is 3.93. The van der Waals surface area contributed by atoms with Gasteiger partial charge in [-0.2, -0.15) is 5.10 Å². The fraction of sp³-hybridized carbons (Fsp3) is 0.407. The van der Waals surface area contributed by atoms with Gasteiger partial charge in [0.05, 0.1) is 22.8 Å². The van der Waals surface area contributed by atoms with Gasteiger partial charge in [-0.3, -0.25) is 14.4 Å². The van der Waals surface area contributed by atoms with E-state index in [0.717, 1.165) is 47.1 Å². The fourth-order valence-corrected chi connectivity index (χ4v) is 5.00.